The molecule has 18 heavy (non-hydrogen) atoms. The highest BCUT2D eigenvalue weighted by molar-refractivity contribution is 9.10. The summed E-state index contributed by atoms with van der Waals surface area (Å²) in [7, 11) is 0. The predicted octanol–water partition coefficient (Wildman–Crippen LogP) is 2.27. The lowest BCUT2D eigenvalue weighted by molar-refractivity contribution is 0.0380. The summed E-state index contributed by atoms with van der Waals surface area (Å²) in [6, 6.07) is 7.48. The van der Waals surface area contributed by atoms with Crippen molar-refractivity contribution < 1.29 is 9.84 Å². The highest BCUT2D eigenvalue weighted by Gasteiger charge is 2.32. The van der Waals surface area contributed by atoms with Gasteiger partial charge in [0.2, 0.25) is 0 Å². The first-order valence-corrected chi connectivity index (χ1v) is 6.65. The largest absolute Gasteiger partial charge is 0.394 e. The van der Waals surface area contributed by atoms with E-state index in [9.17, 15) is 5.11 Å². The monoisotopic (exact) mass is 310 g/mol. The highest BCUT2D eigenvalue weighted by atomic mass is 79.9. The lowest BCUT2D eigenvalue weighted by atomic mass is 9.90. The number of nitrogens with zero attached hydrogens (tertiary/aromatic N) is 1. The van der Waals surface area contributed by atoms with Gasteiger partial charge in [-0.1, -0.05) is 0 Å². The third-order valence-corrected chi connectivity index (χ3v) is 3.91. The van der Waals surface area contributed by atoms with E-state index in [4.69, 9.17) is 10.00 Å². The maximum Gasteiger partial charge on any atom is 0.0992 e. The first kappa shape index (κ1) is 13.3. The van der Waals surface area contributed by atoms with Crippen molar-refractivity contribution in [1.82, 2.24) is 0 Å². The molecule has 5 heteroatoms. The highest BCUT2D eigenvalue weighted by Crippen LogP contribution is 2.30. The molecule has 0 aliphatic carbocycles. The Balaban J connectivity index is 2.19. The molecule has 0 bridgehead atoms. The minimum atomic E-state index is -0.324. The zero-order chi connectivity index (χ0) is 13.0. The van der Waals surface area contributed by atoms with Crippen LogP contribution >= 0.6 is 15.9 Å². The van der Waals surface area contributed by atoms with E-state index in [1.54, 1.807) is 12.1 Å². The van der Waals surface area contributed by atoms with Crippen molar-refractivity contribution in [3.05, 3.63) is 28.2 Å². The summed E-state index contributed by atoms with van der Waals surface area (Å²) in [4.78, 5) is 0. The number of hydrogen-bond acceptors (Lipinski definition) is 4. The third kappa shape index (κ3) is 2.83. The van der Waals surface area contributed by atoms with Gasteiger partial charge in [-0.05, 0) is 47.0 Å². The van der Waals surface area contributed by atoms with E-state index in [0.717, 1.165) is 23.0 Å². The van der Waals surface area contributed by atoms with Crippen LogP contribution in [0.5, 0.6) is 0 Å². The van der Waals surface area contributed by atoms with E-state index in [1.165, 1.54) is 0 Å². The minimum absolute atomic E-state index is 0.0722. The Hall–Kier alpha value is -1.09. The van der Waals surface area contributed by atoms with E-state index in [1.807, 2.05) is 6.07 Å². The van der Waals surface area contributed by atoms with Crippen LogP contribution in [-0.2, 0) is 4.74 Å². The summed E-state index contributed by atoms with van der Waals surface area (Å²) in [5.41, 5.74) is 1.18. The fourth-order valence-corrected chi connectivity index (χ4v) is 2.53. The molecule has 0 radical (unpaired) electrons. The summed E-state index contributed by atoms with van der Waals surface area (Å²) in [6.07, 6.45) is 1.55. The van der Waals surface area contributed by atoms with Crippen LogP contribution in [0.4, 0.5) is 5.69 Å². The second-order valence-electron chi connectivity index (χ2n) is 4.48. The predicted molar refractivity (Wildman–Crippen MR) is 72.3 cm³/mol. The summed E-state index contributed by atoms with van der Waals surface area (Å²) in [5, 5.41) is 21.8. The van der Waals surface area contributed by atoms with Gasteiger partial charge in [-0.15, -0.1) is 0 Å². The molecule has 0 spiro atoms. The molecule has 2 N–H and O–H groups in total. The van der Waals surface area contributed by atoms with Crippen LogP contribution < -0.4 is 5.32 Å². The molecule has 1 aromatic rings. The van der Waals surface area contributed by atoms with Gasteiger partial charge in [0.25, 0.3) is 0 Å². The van der Waals surface area contributed by atoms with Crippen molar-refractivity contribution in [3.63, 3.8) is 0 Å². The summed E-state index contributed by atoms with van der Waals surface area (Å²) < 4.78 is 6.16. The van der Waals surface area contributed by atoms with Crippen molar-refractivity contribution in [3.8, 4) is 6.07 Å². The average Bonchev–Trinajstić information content (AvgIpc) is 2.42. The van der Waals surface area contributed by atoms with Gasteiger partial charge in [-0.25, -0.2) is 0 Å². The molecule has 0 unspecified atom stereocenters. The van der Waals surface area contributed by atoms with Crippen LogP contribution in [0, 0.1) is 11.3 Å². The Labute approximate surface area is 115 Å². The minimum Gasteiger partial charge on any atom is -0.394 e. The Morgan fingerprint density at radius 1 is 1.44 bits per heavy atom. The fourth-order valence-electron chi connectivity index (χ4n) is 2.06. The molecule has 1 fully saturated rings. The van der Waals surface area contributed by atoms with Crippen LogP contribution in [0.3, 0.4) is 0 Å². The van der Waals surface area contributed by atoms with Crippen molar-refractivity contribution in [1.29, 1.82) is 5.26 Å². The molecular weight excluding hydrogens is 296 g/mol. The molecule has 96 valence electrons. The van der Waals surface area contributed by atoms with E-state index in [-0.39, 0.29) is 12.1 Å². The first-order valence-electron chi connectivity index (χ1n) is 5.85. The number of nitriles is 1. The van der Waals surface area contributed by atoms with Crippen molar-refractivity contribution in [2.75, 3.05) is 25.1 Å². The number of aliphatic hydroxyl groups excluding tert-OH is 1. The summed E-state index contributed by atoms with van der Waals surface area (Å²) >= 11 is 3.44. The van der Waals surface area contributed by atoms with Gasteiger partial charge in [0.05, 0.1) is 23.8 Å². The number of aliphatic hydroxyl groups is 1. The lowest BCUT2D eigenvalue weighted by Gasteiger charge is -2.37. The van der Waals surface area contributed by atoms with E-state index < -0.39 is 0 Å². The van der Waals surface area contributed by atoms with E-state index in [0.29, 0.717) is 18.8 Å². The Kier molecular flexibility index (Phi) is 4.23. The number of halogens is 1. The Bertz CT molecular complexity index is 465. The molecule has 0 saturated carbocycles. The van der Waals surface area contributed by atoms with Gasteiger partial charge in [0, 0.05) is 23.4 Å². The normalized spacial score (nSPS) is 18.1. The third-order valence-electron chi connectivity index (χ3n) is 3.25. The number of hydrogen-bond donors (Lipinski definition) is 2. The van der Waals surface area contributed by atoms with Crippen LogP contribution in [0.25, 0.3) is 0 Å². The number of nitrogens with one attached hydrogen (secondary N) is 1. The Morgan fingerprint density at radius 3 is 2.72 bits per heavy atom. The van der Waals surface area contributed by atoms with E-state index >= 15 is 0 Å². The molecule has 4 nitrogen and oxygen atoms in total. The second-order valence-corrected chi connectivity index (χ2v) is 5.34. The number of benzene rings is 1. The topological polar surface area (TPSA) is 65.3 Å². The van der Waals surface area contributed by atoms with Crippen LogP contribution in [0.15, 0.2) is 22.7 Å². The SMILES string of the molecule is N#Cc1ccc(NC2(CO)CCOCC2)c(Br)c1. The standard InChI is InChI=1S/C13H15BrN2O2/c14-11-7-10(8-15)1-2-12(11)16-13(9-17)3-5-18-6-4-13/h1-2,7,16-17H,3-6,9H2. The summed E-state index contributed by atoms with van der Waals surface area (Å²) in [5.74, 6) is 0. The number of anilines is 1. The van der Waals surface area contributed by atoms with Crippen LogP contribution in [0.1, 0.15) is 18.4 Å². The molecule has 2 rings (SSSR count). The molecular formula is C13H15BrN2O2. The van der Waals surface area contributed by atoms with Gasteiger partial charge in [-0.2, -0.15) is 5.26 Å². The first-order chi connectivity index (χ1) is 8.69. The van der Waals surface area contributed by atoms with Gasteiger partial charge in [0.15, 0.2) is 0 Å². The molecule has 1 heterocycles. The van der Waals surface area contributed by atoms with Crippen molar-refractivity contribution in [2.24, 2.45) is 0 Å². The fraction of sp³-hybridized carbons (Fsp3) is 0.462. The summed E-state index contributed by atoms with van der Waals surface area (Å²) in [6.45, 7) is 1.38. The zero-order valence-electron chi connectivity index (χ0n) is 9.95. The molecule has 1 aliphatic heterocycles. The molecule has 1 aliphatic rings. The second kappa shape index (κ2) is 5.70. The Morgan fingerprint density at radius 2 is 2.17 bits per heavy atom. The molecule has 1 aromatic carbocycles. The molecule has 1 saturated heterocycles. The van der Waals surface area contributed by atoms with Crippen LogP contribution in [0.2, 0.25) is 0 Å². The van der Waals surface area contributed by atoms with Gasteiger partial charge < -0.3 is 15.2 Å². The zero-order valence-corrected chi connectivity index (χ0v) is 11.5. The molecule has 0 aromatic heterocycles. The van der Waals surface area contributed by atoms with Gasteiger partial charge in [-0.3, -0.25) is 0 Å². The maximum absolute atomic E-state index is 9.61. The van der Waals surface area contributed by atoms with Gasteiger partial charge >= 0.3 is 0 Å². The number of ether oxygens (including phenoxy) is 1. The molecule has 0 amide bonds. The average molecular weight is 311 g/mol. The van der Waals surface area contributed by atoms with Crippen molar-refractivity contribution in [2.45, 2.75) is 18.4 Å². The van der Waals surface area contributed by atoms with E-state index in [2.05, 4.69) is 27.3 Å². The lowest BCUT2D eigenvalue weighted by Crippen LogP contribution is -2.47. The maximum atomic E-state index is 9.61. The number of rotatable bonds is 3. The van der Waals surface area contributed by atoms with Gasteiger partial charge in [0.1, 0.15) is 0 Å². The quantitative estimate of drug-likeness (QED) is 0.899. The van der Waals surface area contributed by atoms with Crippen molar-refractivity contribution >= 4 is 21.6 Å². The smallest absolute Gasteiger partial charge is 0.0992 e. The molecule has 0 atom stereocenters. The van der Waals surface area contributed by atoms with Crippen LogP contribution in [-0.4, -0.2) is 30.5 Å².